The third-order valence-electron chi connectivity index (χ3n) is 6.62. The fourth-order valence-corrected chi connectivity index (χ4v) is 5.09. The summed E-state index contributed by atoms with van der Waals surface area (Å²) >= 11 is 0. The molecule has 2 aliphatic carbocycles. The molecule has 2 aliphatic heterocycles. The van der Waals surface area contributed by atoms with Gasteiger partial charge in [0.2, 0.25) is 0 Å². The van der Waals surface area contributed by atoms with Crippen LogP contribution in [-0.2, 0) is 28.8 Å². The van der Waals surface area contributed by atoms with E-state index in [0.717, 1.165) is 0 Å². The first-order valence-corrected chi connectivity index (χ1v) is 9.23. The first-order valence-electron chi connectivity index (χ1n) is 9.23. The number of hydrogen-bond acceptors (Lipinski definition) is 7. The minimum absolute atomic E-state index is 0.133. The van der Waals surface area contributed by atoms with Crippen molar-refractivity contribution in [1.82, 2.24) is 0 Å². The Hall–Kier alpha value is -1.44. The molecule has 144 valence electrons. The van der Waals surface area contributed by atoms with Crippen molar-refractivity contribution in [1.29, 1.82) is 0 Å². The van der Waals surface area contributed by atoms with Crippen molar-refractivity contribution in [2.75, 3.05) is 0 Å². The molecular weight excluding hydrogens is 340 g/mol. The summed E-state index contributed by atoms with van der Waals surface area (Å²) in [5, 5.41) is 11.4. The lowest BCUT2D eigenvalue weighted by molar-refractivity contribution is -0.361. The molecule has 0 aromatic carbocycles. The number of rotatable bonds is 2. The first-order chi connectivity index (χ1) is 12.0. The van der Waals surface area contributed by atoms with Gasteiger partial charge in [-0.25, -0.2) is 9.78 Å². The lowest BCUT2D eigenvalue weighted by Gasteiger charge is -2.40. The standard InChI is InChI=1S/C19H26O7/c1-9(2)15(20)23-11-8-18(5,22)19-7-6-17(4,25-26-19)14(19)13-12(11)10(3)16(21)24-13/h6-7,9-14,22H,8H2,1-5H3. The molecule has 7 nitrogen and oxygen atoms in total. The summed E-state index contributed by atoms with van der Waals surface area (Å²) in [6, 6.07) is 0. The van der Waals surface area contributed by atoms with Gasteiger partial charge in [-0.1, -0.05) is 26.8 Å². The molecule has 8 unspecified atom stereocenters. The van der Waals surface area contributed by atoms with Crippen molar-refractivity contribution in [3.8, 4) is 0 Å². The highest BCUT2D eigenvalue weighted by Gasteiger charge is 2.75. The molecule has 0 aromatic heterocycles. The zero-order valence-electron chi connectivity index (χ0n) is 15.7. The number of esters is 2. The van der Waals surface area contributed by atoms with Crippen LogP contribution < -0.4 is 0 Å². The van der Waals surface area contributed by atoms with Crippen LogP contribution in [0.25, 0.3) is 0 Å². The van der Waals surface area contributed by atoms with Crippen LogP contribution in [0.4, 0.5) is 0 Å². The average Bonchev–Trinajstić information content (AvgIpc) is 3.10. The van der Waals surface area contributed by atoms with Gasteiger partial charge in [0.05, 0.1) is 17.8 Å². The highest BCUT2D eigenvalue weighted by Crippen LogP contribution is 2.62. The van der Waals surface area contributed by atoms with Crippen LogP contribution >= 0.6 is 0 Å². The summed E-state index contributed by atoms with van der Waals surface area (Å²) in [5.41, 5.74) is -3.32. The molecule has 26 heavy (non-hydrogen) atoms. The number of ether oxygens (including phenoxy) is 2. The monoisotopic (exact) mass is 366 g/mol. The predicted octanol–water partition coefficient (Wildman–Crippen LogP) is 1.53. The highest BCUT2D eigenvalue weighted by atomic mass is 17.2. The van der Waals surface area contributed by atoms with Gasteiger partial charge in [-0.15, -0.1) is 0 Å². The molecule has 3 fully saturated rings. The Kier molecular flexibility index (Phi) is 3.66. The SMILES string of the molecule is CC(C)C(=O)OC1CC(C)(O)C23C=CC(C)(OO2)C3C2OC(=O)C(C)C12. The third kappa shape index (κ3) is 2.11. The van der Waals surface area contributed by atoms with Gasteiger partial charge < -0.3 is 14.6 Å². The normalized spacial score (nSPS) is 51.8. The van der Waals surface area contributed by atoms with E-state index in [1.54, 1.807) is 27.7 Å². The summed E-state index contributed by atoms with van der Waals surface area (Å²) in [7, 11) is 0. The number of hydrogen-bond donors (Lipinski definition) is 1. The zero-order chi connectivity index (χ0) is 19.1. The lowest BCUT2D eigenvalue weighted by Crippen LogP contribution is -2.56. The smallest absolute Gasteiger partial charge is 0.309 e. The van der Waals surface area contributed by atoms with Crippen molar-refractivity contribution in [3.05, 3.63) is 12.2 Å². The Bertz CT molecular complexity index is 683. The van der Waals surface area contributed by atoms with Gasteiger partial charge in [0.25, 0.3) is 0 Å². The van der Waals surface area contributed by atoms with E-state index in [1.807, 2.05) is 19.1 Å². The molecule has 2 saturated heterocycles. The van der Waals surface area contributed by atoms with E-state index in [0.29, 0.717) is 0 Å². The van der Waals surface area contributed by atoms with Gasteiger partial charge >= 0.3 is 11.9 Å². The van der Waals surface area contributed by atoms with Gasteiger partial charge in [-0.05, 0) is 19.9 Å². The molecule has 1 saturated carbocycles. The number of aliphatic hydroxyl groups is 1. The van der Waals surface area contributed by atoms with E-state index in [2.05, 4.69) is 0 Å². The summed E-state index contributed by atoms with van der Waals surface area (Å²) in [6.07, 6.45) is 2.59. The second-order valence-corrected chi connectivity index (χ2v) is 8.83. The van der Waals surface area contributed by atoms with Gasteiger partial charge in [0.15, 0.2) is 5.60 Å². The molecule has 2 bridgehead atoms. The second-order valence-electron chi connectivity index (χ2n) is 8.83. The molecular formula is C19H26O7. The van der Waals surface area contributed by atoms with Crippen LogP contribution in [0.5, 0.6) is 0 Å². The van der Waals surface area contributed by atoms with Crippen LogP contribution in [0, 0.1) is 23.7 Å². The van der Waals surface area contributed by atoms with Crippen LogP contribution in [0.2, 0.25) is 0 Å². The van der Waals surface area contributed by atoms with Crippen molar-refractivity contribution < 1.29 is 33.9 Å². The molecule has 4 rings (SSSR count). The lowest BCUT2D eigenvalue weighted by atomic mass is 9.70. The van der Waals surface area contributed by atoms with E-state index in [-0.39, 0.29) is 30.2 Å². The summed E-state index contributed by atoms with van der Waals surface area (Å²) in [5.74, 6) is -2.21. The van der Waals surface area contributed by atoms with Crippen LogP contribution in [-0.4, -0.2) is 46.1 Å². The Morgan fingerprint density at radius 2 is 2.00 bits per heavy atom. The molecule has 0 amide bonds. The first kappa shape index (κ1) is 17.9. The molecule has 0 radical (unpaired) electrons. The Balaban J connectivity index is 1.80. The van der Waals surface area contributed by atoms with Crippen LogP contribution in [0.3, 0.4) is 0 Å². The largest absolute Gasteiger partial charge is 0.462 e. The van der Waals surface area contributed by atoms with Crippen molar-refractivity contribution in [3.63, 3.8) is 0 Å². The molecule has 4 aliphatic rings. The number of carbonyl (C=O) groups excluding carboxylic acids is 2. The molecule has 0 spiro atoms. The Labute approximate surface area is 152 Å². The minimum atomic E-state index is -1.36. The van der Waals surface area contributed by atoms with Gasteiger partial charge in [0.1, 0.15) is 23.4 Å². The maximum absolute atomic E-state index is 12.4. The van der Waals surface area contributed by atoms with E-state index in [4.69, 9.17) is 19.2 Å². The van der Waals surface area contributed by atoms with Gasteiger partial charge in [-0.2, -0.15) is 0 Å². The van der Waals surface area contributed by atoms with E-state index < -0.39 is 40.8 Å². The molecule has 2 heterocycles. The van der Waals surface area contributed by atoms with Crippen molar-refractivity contribution in [2.45, 2.75) is 70.1 Å². The van der Waals surface area contributed by atoms with Crippen molar-refractivity contribution in [2.24, 2.45) is 23.7 Å². The topological polar surface area (TPSA) is 91.3 Å². The maximum Gasteiger partial charge on any atom is 0.309 e. The van der Waals surface area contributed by atoms with Gasteiger partial charge in [-0.3, -0.25) is 9.59 Å². The highest BCUT2D eigenvalue weighted by molar-refractivity contribution is 5.76. The zero-order valence-corrected chi connectivity index (χ0v) is 15.7. The van der Waals surface area contributed by atoms with Crippen molar-refractivity contribution >= 4 is 11.9 Å². The Morgan fingerprint density at radius 1 is 1.31 bits per heavy atom. The summed E-state index contributed by atoms with van der Waals surface area (Å²) in [6.45, 7) is 8.81. The summed E-state index contributed by atoms with van der Waals surface area (Å²) < 4.78 is 11.5. The second kappa shape index (κ2) is 5.30. The molecule has 0 aromatic rings. The fourth-order valence-electron chi connectivity index (χ4n) is 5.09. The summed E-state index contributed by atoms with van der Waals surface area (Å²) in [4.78, 5) is 35.9. The van der Waals surface area contributed by atoms with E-state index >= 15 is 0 Å². The van der Waals surface area contributed by atoms with Crippen LogP contribution in [0.15, 0.2) is 12.2 Å². The quantitative estimate of drug-likeness (QED) is 0.450. The van der Waals surface area contributed by atoms with E-state index in [1.165, 1.54) is 0 Å². The Morgan fingerprint density at radius 3 is 2.58 bits per heavy atom. The number of carbonyl (C=O) groups is 2. The van der Waals surface area contributed by atoms with Crippen LogP contribution in [0.1, 0.15) is 41.0 Å². The average molecular weight is 366 g/mol. The third-order valence-corrected chi connectivity index (χ3v) is 6.62. The van der Waals surface area contributed by atoms with E-state index in [9.17, 15) is 14.7 Å². The number of fused-ring (bicyclic) bond motifs is 1. The minimum Gasteiger partial charge on any atom is -0.462 e. The fraction of sp³-hybridized carbons (Fsp3) is 0.789. The molecule has 7 heteroatoms. The molecule has 1 N–H and O–H groups in total. The predicted molar refractivity (Wildman–Crippen MR) is 88.4 cm³/mol. The maximum atomic E-state index is 12.4. The van der Waals surface area contributed by atoms with Gasteiger partial charge in [0, 0.05) is 12.3 Å². The molecule has 8 atom stereocenters.